The Kier molecular flexibility index (Phi) is 8.47. The average molecular weight is 476 g/mol. The number of nitrogens with one attached hydrogen (secondary N) is 6. The van der Waals surface area contributed by atoms with Crippen molar-refractivity contribution in [3.63, 3.8) is 0 Å². The predicted molar refractivity (Wildman–Crippen MR) is 121 cm³/mol. The minimum atomic E-state index is -0.867. The molecule has 0 aliphatic heterocycles. The van der Waals surface area contributed by atoms with Crippen LogP contribution < -0.4 is 27.0 Å². The Balaban J connectivity index is 2.01. The molecule has 0 radical (unpaired) electrons. The van der Waals surface area contributed by atoms with Crippen LogP contribution in [0.4, 0.5) is 11.6 Å². The highest BCUT2D eigenvalue weighted by Crippen LogP contribution is 2.12. The van der Waals surface area contributed by atoms with Gasteiger partial charge < -0.3 is 27.0 Å². The smallest absolute Gasteiger partial charge is 0.274 e. The Morgan fingerprint density at radius 1 is 0.794 bits per heavy atom. The minimum absolute atomic E-state index is 0.0115. The first-order chi connectivity index (χ1) is 15.9. The van der Waals surface area contributed by atoms with Gasteiger partial charge in [-0.1, -0.05) is 27.7 Å². The van der Waals surface area contributed by atoms with Gasteiger partial charge in [0.05, 0.1) is 0 Å². The molecule has 14 heteroatoms. The quantitative estimate of drug-likeness (QED) is 0.243. The molecule has 0 aliphatic carbocycles. The second-order valence-corrected chi connectivity index (χ2v) is 8.30. The third-order valence-electron chi connectivity index (χ3n) is 4.71. The van der Waals surface area contributed by atoms with Gasteiger partial charge in [-0.3, -0.25) is 34.2 Å². The minimum Gasteiger partial charge on any atom is -0.368 e. The van der Waals surface area contributed by atoms with E-state index in [1.807, 2.05) is 0 Å². The van der Waals surface area contributed by atoms with E-state index in [1.54, 1.807) is 27.7 Å². The van der Waals surface area contributed by atoms with Crippen LogP contribution in [-0.4, -0.2) is 62.0 Å². The van der Waals surface area contributed by atoms with Gasteiger partial charge in [0.2, 0.25) is 17.7 Å². The summed E-state index contributed by atoms with van der Waals surface area (Å²) < 4.78 is 0. The summed E-state index contributed by atoms with van der Waals surface area (Å²) >= 11 is 0. The van der Waals surface area contributed by atoms with Crippen LogP contribution >= 0.6 is 0 Å². The van der Waals surface area contributed by atoms with Crippen LogP contribution in [0.25, 0.3) is 0 Å². The third-order valence-corrected chi connectivity index (χ3v) is 4.71. The van der Waals surface area contributed by atoms with Crippen molar-refractivity contribution in [1.82, 2.24) is 31.0 Å². The second-order valence-electron chi connectivity index (χ2n) is 8.30. The third kappa shape index (κ3) is 6.88. The Labute approximate surface area is 195 Å². The van der Waals surface area contributed by atoms with E-state index < -0.39 is 35.7 Å². The second kappa shape index (κ2) is 11.1. The summed E-state index contributed by atoms with van der Waals surface area (Å²) in [5, 5.41) is 22.7. The Morgan fingerprint density at radius 3 is 1.76 bits per heavy atom. The molecule has 8 N–H and O–H groups in total. The van der Waals surface area contributed by atoms with Gasteiger partial charge in [0.25, 0.3) is 11.8 Å². The molecule has 0 unspecified atom stereocenters. The van der Waals surface area contributed by atoms with Crippen LogP contribution in [0, 0.1) is 11.8 Å². The van der Waals surface area contributed by atoms with Gasteiger partial charge >= 0.3 is 0 Å². The molecule has 0 aromatic carbocycles. The average Bonchev–Trinajstić information content (AvgIpc) is 3.38. The summed E-state index contributed by atoms with van der Waals surface area (Å²) in [4.78, 5) is 60.0. The molecule has 2 rings (SSSR count). The summed E-state index contributed by atoms with van der Waals surface area (Å²) in [6, 6.07) is 0.947. The molecule has 0 spiro atoms. The van der Waals surface area contributed by atoms with Crippen molar-refractivity contribution < 1.29 is 24.0 Å². The van der Waals surface area contributed by atoms with Crippen molar-refractivity contribution in [1.29, 1.82) is 0 Å². The molecule has 5 amide bonds. The number of rotatable bonds is 10. The number of anilines is 2. The fourth-order valence-corrected chi connectivity index (χ4v) is 2.93. The number of carbonyl (C=O) groups is 5. The van der Waals surface area contributed by atoms with Crippen LogP contribution in [0.15, 0.2) is 12.1 Å². The number of nitrogens with zero attached hydrogens (tertiary/aromatic N) is 2. The van der Waals surface area contributed by atoms with Crippen molar-refractivity contribution in [2.75, 3.05) is 10.6 Å². The van der Waals surface area contributed by atoms with Gasteiger partial charge in [-0.25, -0.2) is 0 Å². The number of H-pyrrole nitrogens is 2. The topological polar surface area (TPSA) is 217 Å². The Morgan fingerprint density at radius 2 is 1.29 bits per heavy atom. The first-order valence-corrected chi connectivity index (χ1v) is 10.5. The summed E-state index contributed by atoms with van der Waals surface area (Å²) in [6.07, 6.45) is 0. The molecule has 34 heavy (non-hydrogen) atoms. The van der Waals surface area contributed by atoms with Gasteiger partial charge in [-0.15, -0.1) is 0 Å². The SMILES string of the molecule is CC(=O)N[C@H](C(=O)Nc1cc(C(=O)Nc2cc(C(=O)N[C@H](C(N)=O)C(C)C)[nH]n2)[nH]n1)C(C)C. The summed E-state index contributed by atoms with van der Waals surface area (Å²) in [5.41, 5.74) is 5.32. The van der Waals surface area contributed by atoms with Gasteiger partial charge in [-0.2, -0.15) is 10.2 Å². The van der Waals surface area contributed by atoms with Crippen molar-refractivity contribution in [3.8, 4) is 0 Å². The summed E-state index contributed by atoms with van der Waals surface area (Å²) in [5.74, 6) is -3.01. The number of hydrogen-bond acceptors (Lipinski definition) is 7. The highest BCUT2D eigenvalue weighted by Gasteiger charge is 2.25. The van der Waals surface area contributed by atoms with E-state index >= 15 is 0 Å². The van der Waals surface area contributed by atoms with E-state index in [2.05, 4.69) is 41.7 Å². The fourth-order valence-electron chi connectivity index (χ4n) is 2.93. The molecule has 14 nitrogen and oxygen atoms in total. The maximum atomic E-state index is 12.5. The molecule has 0 fully saturated rings. The number of amides is 5. The molecule has 0 saturated carbocycles. The van der Waals surface area contributed by atoms with E-state index in [-0.39, 0.29) is 40.8 Å². The lowest BCUT2D eigenvalue weighted by molar-refractivity contribution is -0.126. The molecule has 0 aliphatic rings. The molecule has 2 aromatic heterocycles. The van der Waals surface area contributed by atoms with Crippen molar-refractivity contribution in [2.24, 2.45) is 17.6 Å². The molecule has 2 heterocycles. The maximum Gasteiger partial charge on any atom is 0.274 e. The van der Waals surface area contributed by atoms with E-state index in [0.29, 0.717) is 0 Å². The van der Waals surface area contributed by atoms with Crippen molar-refractivity contribution >= 4 is 41.2 Å². The maximum absolute atomic E-state index is 12.5. The Bertz CT molecular complexity index is 1070. The summed E-state index contributed by atoms with van der Waals surface area (Å²) in [7, 11) is 0. The van der Waals surface area contributed by atoms with E-state index in [1.165, 1.54) is 19.1 Å². The molecule has 2 aromatic rings. The predicted octanol–water partition coefficient (Wildman–Crippen LogP) is -0.276. The van der Waals surface area contributed by atoms with Crippen molar-refractivity contribution in [3.05, 3.63) is 23.5 Å². The van der Waals surface area contributed by atoms with Gasteiger partial charge in [0.15, 0.2) is 11.6 Å². The van der Waals surface area contributed by atoms with Crippen LogP contribution in [0.2, 0.25) is 0 Å². The van der Waals surface area contributed by atoms with E-state index in [0.717, 1.165) is 0 Å². The monoisotopic (exact) mass is 475 g/mol. The standard InChI is InChI=1S/C20H29N9O5/c1-8(2)15(17(21)31)25-19(33)12-7-13(28-27-12)23-18(32)11-6-14(29-26-11)24-20(34)16(9(3)4)22-10(5)30/h6-9,15-16H,1-5H3,(H2,21,31)(H,22,30)(H,25,33)(H2,23,27,28,32)(H2,24,26,29,34)/t15-,16-/m0/s1. The number of hydrogen-bond donors (Lipinski definition) is 7. The van der Waals surface area contributed by atoms with Gasteiger partial charge in [-0.05, 0) is 11.8 Å². The van der Waals surface area contributed by atoms with E-state index in [9.17, 15) is 24.0 Å². The highest BCUT2D eigenvalue weighted by molar-refractivity contribution is 6.04. The van der Waals surface area contributed by atoms with Crippen LogP contribution in [0.5, 0.6) is 0 Å². The summed E-state index contributed by atoms with van der Waals surface area (Å²) in [6.45, 7) is 8.33. The van der Waals surface area contributed by atoms with Gasteiger partial charge in [0.1, 0.15) is 23.5 Å². The Hall–Kier alpha value is -4.23. The lowest BCUT2D eigenvalue weighted by atomic mass is 10.0. The van der Waals surface area contributed by atoms with Crippen LogP contribution in [0.3, 0.4) is 0 Å². The zero-order chi connectivity index (χ0) is 25.6. The van der Waals surface area contributed by atoms with Crippen LogP contribution in [-0.2, 0) is 14.4 Å². The number of aromatic nitrogens is 4. The molecule has 0 bridgehead atoms. The van der Waals surface area contributed by atoms with Crippen LogP contribution in [0.1, 0.15) is 55.6 Å². The lowest BCUT2D eigenvalue weighted by Crippen LogP contribution is -2.47. The first kappa shape index (κ1) is 26.0. The lowest BCUT2D eigenvalue weighted by Gasteiger charge is -2.20. The largest absolute Gasteiger partial charge is 0.368 e. The normalized spacial score (nSPS) is 12.7. The molecule has 184 valence electrons. The molecule has 2 atom stereocenters. The first-order valence-electron chi connectivity index (χ1n) is 10.5. The zero-order valence-electron chi connectivity index (χ0n) is 19.5. The van der Waals surface area contributed by atoms with E-state index in [4.69, 9.17) is 5.73 Å². The fraction of sp³-hybridized carbons (Fsp3) is 0.450. The molecular formula is C20H29N9O5. The molecular weight excluding hydrogens is 446 g/mol. The number of carbonyl (C=O) groups excluding carboxylic acids is 5. The van der Waals surface area contributed by atoms with Gasteiger partial charge in [0, 0.05) is 19.1 Å². The number of aromatic amines is 2. The molecule has 0 saturated heterocycles. The number of primary amides is 1. The van der Waals surface area contributed by atoms with Crippen molar-refractivity contribution in [2.45, 2.75) is 46.7 Å². The number of nitrogens with two attached hydrogens (primary N) is 1. The zero-order valence-corrected chi connectivity index (χ0v) is 19.5. The highest BCUT2D eigenvalue weighted by atomic mass is 16.2.